The minimum atomic E-state index is -0.0635. The lowest BCUT2D eigenvalue weighted by atomic mass is 9.64. The topological polar surface area (TPSA) is 3.24 Å². The third-order valence-electron chi connectivity index (χ3n) is 6.94. The van der Waals surface area contributed by atoms with Gasteiger partial charge in [-0.25, -0.2) is 0 Å². The zero-order chi connectivity index (χ0) is 13.8. The maximum Gasteiger partial charge on any atom is 0.0553 e. The predicted molar refractivity (Wildman–Crippen MR) is 85.0 cm³/mol. The molecule has 5 aliphatic rings. The van der Waals surface area contributed by atoms with Crippen LogP contribution in [0.5, 0.6) is 0 Å². The van der Waals surface area contributed by atoms with E-state index in [1.165, 1.54) is 0 Å². The maximum atomic E-state index is 2.74. The first kappa shape index (κ1) is 12.6. The van der Waals surface area contributed by atoms with Crippen LogP contribution in [-0.2, 0) is 0 Å². The fraction of sp³-hybridized carbons (Fsp3) is 0.625. The summed E-state index contributed by atoms with van der Waals surface area (Å²) in [7, 11) is 2.31. The lowest BCUT2D eigenvalue weighted by molar-refractivity contribution is 0.149. The van der Waals surface area contributed by atoms with Crippen molar-refractivity contribution in [1.82, 2.24) is 4.67 Å². The highest BCUT2D eigenvalue weighted by Gasteiger charge is 2.88. The van der Waals surface area contributed by atoms with Crippen LogP contribution in [0.3, 0.4) is 0 Å². The van der Waals surface area contributed by atoms with Crippen LogP contribution in [0.2, 0.25) is 0 Å². The van der Waals surface area contributed by atoms with Crippen LogP contribution in [0.25, 0.3) is 0 Å². The molecule has 0 N–H and O–H groups in total. The first-order chi connectivity index (χ1) is 8.83. The van der Waals surface area contributed by atoms with Gasteiger partial charge in [0, 0.05) is 20.6 Å². The molecule has 1 aromatic rings. The number of thiophene rings is 1. The summed E-state index contributed by atoms with van der Waals surface area (Å²) in [5, 5.41) is 3.10. The minimum absolute atomic E-state index is 0.0635. The van der Waals surface area contributed by atoms with Gasteiger partial charge >= 0.3 is 0 Å². The van der Waals surface area contributed by atoms with Gasteiger partial charge in [0.1, 0.15) is 0 Å². The van der Waals surface area contributed by atoms with Crippen LogP contribution >= 0.6 is 19.4 Å². The second-order valence-corrected chi connectivity index (χ2v) is 10.9. The third kappa shape index (κ3) is 0.891. The summed E-state index contributed by atoms with van der Waals surface area (Å²) in [5.41, 5.74) is 3.77. The highest BCUT2D eigenvalue weighted by molar-refractivity contribution is 7.62. The van der Waals surface area contributed by atoms with Gasteiger partial charge in [0.15, 0.2) is 0 Å². The molecule has 4 bridgehead atoms. The van der Waals surface area contributed by atoms with Crippen LogP contribution in [0.15, 0.2) is 28.7 Å². The van der Waals surface area contributed by atoms with E-state index in [4.69, 9.17) is 0 Å². The first-order valence-electron chi connectivity index (χ1n) is 7.08. The molecule has 3 atom stereocenters. The van der Waals surface area contributed by atoms with Crippen LogP contribution in [0.1, 0.15) is 45.5 Å². The van der Waals surface area contributed by atoms with E-state index < -0.39 is 0 Å². The molecule has 1 aliphatic carbocycles. The summed E-state index contributed by atoms with van der Waals surface area (Å²) in [6.45, 7) is 12.4. The van der Waals surface area contributed by atoms with E-state index in [0.717, 1.165) is 0 Å². The minimum Gasteiger partial charge on any atom is -0.275 e. The van der Waals surface area contributed by atoms with Gasteiger partial charge in [-0.05, 0) is 54.3 Å². The Morgan fingerprint density at radius 3 is 2.16 bits per heavy atom. The number of fused-ring (bicyclic) bond motifs is 1. The molecule has 1 aromatic heterocycles. The zero-order valence-electron chi connectivity index (χ0n) is 12.6. The summed E-state index contributed by atoms with van der Waals surface area (Å²) in [6.07, 6.45) is 0. The predicted octanol–water partition coefficient (Wildman–Crippen LogP) is 5.02. The molecule has 6 rings (SSSR count). The average Bonchev–Trinajstić information content (AvgIpc) is 3.04. The molecule has 0 aromatic carbocycles. The molecule has 5 heterocycles. The second-order valence-electron chi connectivity index (χ2n) is 6.90. The van der Waals surface area contributed by atoms with Crippen molar-refractivity contribution in [2.45, 2.75) is 51.0 Å². The zero-order valence-corrected chi connectivity index (χ0v) is 14.3. The van der Waals surface area contributed by atoms with Gasteiger partial charge in [0.2, 0.25) is 0 Å². The van der Waals surface area contributed by atoms with Gasteiger partial charge in [0.05, 0.1) is 6.04 Å². The summed E-state index contributed by atoms with van der Waals surface area (Å²) in [4.78, 5) is 1.56. The van der Waals surface area contributed by atoms with E-state index in [1.807, 2.05) is 11.3 Å². The van der Waals surface area contributed by atoms with Crippen molar-refractivity contribution in [3.63, 3.8) is 0 Å². The molecule has 0 amide bonds. The van der Waals surface area contributed by atoms with E-state index in [1.54, 1.807) is 16.0 Å². The van der Waals surface area contributed by atoms with Crippen LogP contribution < -0.4 is 0 Å². The molecular formula is C16H22NPS. The van der Waals surface area contributed by atoms with Crippen molar-refractivity contribution in [1.29, 1.82) is 0 Å². The third-order valence-corrected chi connectivity index (χ3v) is 12.0. The average molecular weight is 291 g/mol. The monoisotopic (exact) mass is 291 g/mol. The summed E-state index contributed by atoms with van der Waals surface area (Å²) in [5.74, 6) is 0. The van der Waals surface area contributed by atoms with E-state index in [2.05, 4.69) is 63.8 Å². The number of rotatable bonds is 1. The maximum absolute atomic E-state index is 2.74. The quantitative estimate of drug-likeness (QED) is 0.519. The lowest BCUT2D eigenvalue weighted by Crippen LogP contribution is -2.59. The fourth-order valence-corrected chi connectivity index (χ4v) is 11.9. The van der Waals surface area contributed by atoms with Crippen LogP contribution in [0.4, 0.5) is 0 Å². The van der Waals surface area contributed by atoms with Gasteiger partial charge < -0.3 is 0 Å². The van der Waals surface area contributed by atoms with Gasteiger partial charge in [-0.1, -0.05) is 24.1 Å². The molecule has 4 aliphatic heterocycles. The lowest BCUT2D eigenvalue weighted by Gasteiger charge is -2.62. The number of hydrogen-bond donors (Lipinski definition) is 0. The Morgan fingerprint density at radius 1 is 1.16 bits per heavy atom. The smallest absolute Gasteiger partial charge is 0.0553 e. The number of nitrogens with zero attached hydrogens (tertiary/aromatic N) is 1. The van der Waals surface area contributed by atoms with E-state index in [9.17, 15) is 0 Å². The van der Waals surface area contributed by atoms with E-state index in [0.29, 0.717) is 21.8 Å². The van der Waals surface area contributed by atoms with Crippen molar-refractivity contribution < 1.29 is 0 Å². The normalized spacial score (nSPS) is 51.9. The van der Waals surface area contributed by atoms with Gasteiger partial charge in [-0.3, -0.25) is 4.67 Å². The Morgan fingerprint density at radius 2 is 1.74 bits per heavy atom. The van der Waals surface area contributed by atoms with Crippen LogP contribution in [-0.4, -0.2) is 22.0 Å². The van der Waals surface area contributed by atoms with Gasteiger partial charge in [-0.2, -0.15) is 0 Å². The molecule has 2 unspecified atom stereocenters. The largest absolute Gasteiger partial charge is 0.275 e. The molecule has 102 valence electrons. The SMILES string of the molecule is CC1=C(C)C2(C)P3N(C)[C@@H](c4cccs4)C2(C)C13C. The summed E-state index contributed by atoms with van der Waals surface area (Å²) < 4.78 is 2.74. The molecule has 3 saturated heterocycles. The van der Waals surface area contributed by atoms with Crippen molar-refractivity contribution in [3.05, 3.63) is 33.5 Å². The van der Waals surface area contributed by atoms with Crippen molar-refractivity contribution >= 4 is 19.4 Å². The Kier molecular flexibility index (Phi) is 2.10. The Balaban J connectivity index is 1.96. The molecular weight excluding hydrogens is 269 g/mol. The van der Waals surface area contributed by atoms with E-state index >= 15 is 0 Å². The molecule has 0 spiro atoms. The van der Waals surface area contributed by atoms with E-state index in [-0.39, 0.29) is 8.07 Å². The fourth-order valence-electron chi connectivity index (χ4n) is 5.70. The molecule has 0 saturated carbocycles. The molecule has 3 heteroatoms. The standard InChI is InChI=1S/C16H22NPS/c1-10-11(2)16(5)14(3)13(12-8-7-9-19-12)17(6)18(16)15(10,14)4/h7-9,13H,1-6H3/t13-,14?,15?,16?,18?/m0/s1. The summed E-state index contributed by atoms with van der Waals surface area (Å²) in [6, 6.07) is 5.16. The molecule has 19 heavy (non-hydrogen) atoms. The molecule has 0 radical (unpaired) electrons. The second kappa shape index (κ2) is 3.18. The molecule has 1 nitrogen and oxygen atoms in total. The van der Waals surface area contributed by atoms with Gasteiger partial charge in [-0.15, -0.1) is 11.3 Å². The first-order valence-corrected chi connectivity index (χ1v) is 9.25. The highest BCUT2D eigenvalue weighted by Crippen LogP contribution is 2.99. The van der Waals surface area contributed by atoms with Crippen molar-refractivity contribution in [2.75, 3.05) is 7.05 Å². The Hall–Kier alpha value is -0.170. The van der Waals surface area contributed by atoms with Gasteiger partial charge in [0.25, 0.3) is 0 Å². The Labute approximate surface area is 121 Å². The highest BCUT2D eigenvalue weighted by atomic mass is 32.1. The van der Waals surface area contributed by atoms with Crippen molar-refractivity contribution in [3.8, 4) is 0 Å². The van der Waals surface area contributed by atoms with Crippen LogP contribution in [0, 0.1) is 5.41 Å². The summed E-state index contributed by atoms with van der Waals surface area (Å²) >= 11 is 1.93. The van der Waals surface area contributed by atoms with Crippen molar-refractivity contribution in [2.24, 2.45) is 5.41 Å². The Bertz CT molecular complexity index is 578. The number of hydrogen-bond acceptors (Lipinski definition) is 2. The number of allylic oxidation sites excluding steroid dienone is 2. The molecule has 3 fully saturated rings.